The number of nitrogens with one attached hydrogen (secondary N) is 1. The van der Waals surface area contributed by atoms with Crippen LogP contribution in [0.2, 0.25) is 0 Å². The Labute approximate surface area is 159 Å². The molecular weight excluding hydrogens is 350 g/mol. The van der Waals surface area contributed by atoms with Gasteiger partial charge in [0.25, 0.3) is 5.91 Å². The average Bonchev–Trinajstić information content (AvgIpc) is 2.68. The van der Waals surface area contributed by atoms with Crippen LogP contribution in [0.5, 0.6) is 11.5 Å². The predicted octanol–water partition coefficient (Wildman–Crippen LogP) is 2.56. The molecule has 1 N–H and O–H groups in total. The normalized spacial score (nSPS) is 14.1. The van der Waals surface area contributed by atoms with Gasteiger partial charge in [0, 0.05) is 13.1 Å². The van der Waals surface area contributed by atoms with Crippen LogP contribution in [-0.4, -0.2) is 56.0 Å². The Bertz CT molecular complexity index is 657. The van der Waals surface area contributed by atoms with E-state index in [1.54, 1.807) is 25.1 Å². The maximum Gasteiger partial charge on any atom is 0.427 e. The van der Waals surface area contributed by atoms with Crippen molar-refractivity contribution in [3.05, 3.63) is 23.8 Å². The lowest BCUT2D eigenvalue weighted by atomic mass is 10.1. The third-order valence-electron chi connectivity index (χ3n) is 3.97. The van der Waals surface area contributed by atoms with Gasteiger partial charge >= 0.3 is 6.09 Å². The molecule has 27 heavy (non-hydrogen) atoms. The molecule has 1 fully saturated rings. The maximum absolute atomic E-state index is 12.3. The second-order valence-corrected chi connectivity index (χ2v) is 5.96. The van der Waals surface area contributed by atoms with Gasteiger partial charge in [0.05, 0.1) is 19.4 Å². The molecule has 1 aromatic rings. The number of piperidine rings is 1. The molecule has 0 spiro atoms. The number of hydrogen-bond donors (Lipinski definition) is 1. The van der Waals surface area contributed by atoms with E-state index in [1.807, 2.05) is 11.8 Å². The number of nitrogens with zero attached hydrogens (tertiary/aromatic N) is 2. The molecule has 1 aliphatic heterocycles. The molecular formula is C19H27N3O5. The molecule has 2 amide bonds. The summed E-state index contributed by atoms with van der Waals surface area (Å²) in [6.07, 6.45) is 4.12. The van der Waals surface area contributed by atoms with Gasteiger partial charge in [-0.25, -0.2) is 10.2 Å². The van der Waals surface area contributed by atoms with Crippen LogP contribution in [0.3, 0.4) is 0 Å². The van der Waals surface area contributed by atoms with Gasteiger partial charge in [-0.05, 0) is 56.9 Å². The van der Waals surface area contributed by atoms with Crippen LogP contribution >= 0.6 is 0 Å². The van der Waals surface area contributed by atoms with E-state index in [4.69, 9.17) is 14.2 Å². The lowest BCUT2D eigenvalue weighted by Crippen LogP contribution is -2.38. The Morgan fingerprint density at radius 2 is 1.89 bits per heavy atom. The zero-order valence-corrected chi connectivity index (χ0v) is 15.9. The number of benzene rings is 1. The highest BCUT2D eigenvalue weighted by atomic mass is 16.5. The molecule has 0 unspecified atom stereocenters. The second kappa shape index (κ2) is 11.1. The first kappa shape index (κ1) is 20.5. The summed E-state index contributed by atoms with van der Waals surface area (Å²) in [6, 6.07) is 5.22. The molecule has 1 aromatic carbocycles. The topological polar surface area (TPSA) is 89.5 Å². The molecule has 0 atom stereocenters. The fourth-order valence-electron chi connectivity index (χ4n) is 2.69. The summed E-state index contributed by atoms with van der Waals surface area (Å²) in [5.41, 5.74) is 2.97. The smallest absolute Gasteiger partial charge is 0.427 e. The van der Waals surface area contributed by atoms with E-state index < -0.39 is 6.09 Å². The Balaban J connectivity index is 1.96. The van der Waals surface area contributed by atoms with Gasteiger partial charge < -0.3 is 19.1 Å². The third kappa shape index (κ3) is 6.80. The molecule has 0 aliphatic carbocycles. The molecule has 1 heterocycles. The molecule has 0 radical (unpaired) electrons. The fourth-order valence-corrected chi connectivity index (χ4v) is 2.69. The zero-order valence-electron chi connectivity index (χ0n) is 15.9. The first-order valence-corrected chi connectivity index (χ1v) is 9.27. The average molecular weight is 377 g/mol. The van der Waals surface area contributed by atoms with Gasteiger partial charge in [-0.1, -0.05) is 0 Å². The maximum atomic E-state index is 12.3. The van der Waals surface area contributed by atoms with Gasteiger partial charge in [-0.2, -0.15) is 5.10 Å². The number of likely N-dealkylation sites (tertiary alicyclic amines) is 1. The van der Waals surface area contributed by atoms with E-state index in [-0.39, 0.29) is 19.1 Å². The SMILES string of the molecule is CCOC(=O)NN=Cc1ccc(OCC(=O)N2CCCCC2)c(OCC)c1. The van der Waals surface area contributed by atoms with Crippen molar-refractivity contribution in [2.45, 2.75) is 33.1 Å². The van der Waals surface area contributed by atoms with Gasteiger partial charge in [-0.3, -0.25) is 4.79 Å². The lowest BCUT2D eigenvalue weighted by Gasteiger charge is -2.26. The van der Waals surface area contributed by atoms with E-state index in [1.165, 1.54) is 12.6 Å². The van der Waals surface area contributed by atoms with Crippen molar-refractivity contribution >= 4 is 18.2 Å². The van der Waals surface area contributed by atoms with Crippen LogP contribution in [0.1, 0.15) is 38.7 Å². The molecule has 8 nitrogen and oxygen atoms in total. The molecule has 1 aliphatic rings. The van der Waals surface area contributed by atoms with Gasteiger partial charge in [0.2, 0.25) is 0 Å². The van der Waals surface area contributed by atoms with Crippen molar-refractivity contribution in [2.24, 2.45) is 5.10 Å². The van der Waals surface area contributed by atoms with E-state index in [0.29, 0.717) is 23.7 Å². The summed E-state index contributed by atoms with van der Waals surface area (Å²) in [7, 11) is 0. The quantitative estimate of drug-likeness (QED) is 0.555. The molecule has 1 saturated heterocycles. The number of rotatable bonds is 8. The third-order valence-corrected chi connectivity index (χ3v) is 3.97. The number of ether oxygens (including phenoxy) is 3. The minimum atomic E-state index is -0.616. The molecule has 0 saturated carbocycles. The van der Waals surface area contributed by atoms with E-state index in [9.17, 15) is 9.59 Å². The number of hydrazone groups is 1. The number of carbonyl (C=O) groups excluding carboxylic acids is 2. The molecule has 148 valence electrons. The first-order chi connectivity index (χ1) is 13.1. The van der Waals surface area contributed by atoms with Crippen molar-refractivity contribution < 1.29 is 23.8 Å². The molecule has 0 aromatic heterocycles. The van der Waals surface area contributed by atoms with E-state index >= 15 is 0 Å². The molecule has 8 heteroatoms. The Morgan fingerprint density at radius 3 is 2.59 bits per heavy atom. The van der Waals surface area contributed by atoms with Gasteiger partial charge in [0.15, 0.2) is 18.1 Å². The largest absolute Gasteiger partial charge is 0.490 e. The van der Waals surface area contributed by atoms with Crippen molar-refractivity contribution in [2.75, 3.05) is 32.9 Å². The minimum absolute atomic E-state index is 0.0126. The number of amides is 2. The second-order valence-electron chi connectivity index (χ2n) is 5.96. The van der Waals surface area contributed by atoms with Crippen LogP contribution in [0, 0.1) is 0 Å². The number of carbonyl (C=O) groups is 2. The number of hydrogen-bond acceptors (Lipinski definition) is 6. The van der Waals surface area contributed by atoms with Crippen LogP contribution in [0.4, 0.5) is 4.79 Å². The Morgan fingerprint density at radius 1 is 1.11 bits per heavy atom. The summed E-state index contributed by atoms with van der Waals surface area (Å²) >= 11 is 0. The van der Waals surface area contributed by atoms with Gasteiger partial charge in [-0.15, -0.1) is 0 Å². The van der Waals surface area contributed by atoms with Gasteiger partial charge in [0.1, 0.15) is 0 Å². The molecule has 0 bridgehead atoms. The van der Waals surface area contributed by atoms with Crippen LogP contribution in [0.25, 0.3) is 0 Å². The van der Waals surface area contributed by atoms with E-state index in [0.717, 1.165) is 25.9 Å². The summed E-state index contributed by atoms with van der Waals surface area (Å²) in [5, 5.41) is 3.82. The summed E-state index contributed by atoms with van der Waals surface area (Å²) in [4.78, 5) is 25.3. The molecule has 2 rings (SSSR count). The van der Waals surface area contributed by atoms with Crippen LogP contribution < -0.4 is 14.9 Å². The highest BCUT2D eigenvalue weighted by Crippen LogP contribution is 2.28. The summed E-state index contributed by atoms with van der Waals surface area (Å²) < 4.78 is 16.0. The Kier molecular flexibility index (Phi) is 8.41. The zero-order chi connectivity index (χ0) is 19.5. The minimum Gasteiger partial charge on any atom is -0.490 e. The Hall–Kier alpha value is -2.77. The fraction of sp³-hybridized carbons (Fsp3) is 0.526. The lowest BCUT2D eigenvalue weighted by molar-refractivity contribution is -0.134. The monoisotopic (exact) mass is 377 g/mol. The summed E-state index contributed by atoms with van der Waals surface area (Å²) in [6.45, 7) is 5.89. The highest BCUT2D eigenvalue weighted by Gasteiger charge is 2.17. The van der Waals surface area contributed by atoms with Crippen LogP contribution in [-0.2, 0) is 9.53 Å². The standard InChI is InChI=1S/C19H27N3O5/c1-3-25-17-12-15(13-20-21-19(24)26-4-2)8-9-16(17)27-14-18(23)22-10-6-5-7-11-22/h8-9,12-13H,3-7,10-11,14H2,1-2H3,(H,21,24). The van der Waals surface area contributed by atoms with E-state index in [2.05, 4.69) is 10.5 Å². The van der Waals surface area contributed by atoms with Crippen molar-refractivity contribution in [1.82, 2.24) is 10.3 Å². The highest BCUT2D eigenvalue weighted by molar-refractivity contribution is 5.82. The van der Waals surface area contributed by atoms with Crippen molar-refractivity contribution in [1.29, 1.82) is 0 Å². The van der Waals surface area contributed by atoms with Crippen molar-refractivity contribution in [3.8, 4) is 11.5 Å². The van der Waals surface area contributed by atoms with Crippen molar-refractivity contribution in [3.63, 3.8) is 0 Å². The van der Waals surface area contributed by atoms with Crippen LogP contribution in [0.15, 0.2) is 23.3 Å². The first-order valence-electron chi connectivity index (χ1n) is 9.27. The predicted molar refractivity (Wildman–Crippen MR) is 101 cm³/mol. The summed E-state index contributed by atoms with van der Waals surface area (Å²) in [5.74, 6) is 1.00.